The number of hydrogen-bond donors (Lipinski definition) is 1. The number of aryl methyl sites for hydroxylation is 1. The molecular formula is C22H28N2O5. The van der Waals surface area contributed by atoms with E-state index in [9.17, 15) is 19.2 Å². The Balaban J connectivity index is 1.60. The predicted octanol–water partition coefficient (Wildman–Crippen LogP) is 2.50. The predicted molar refractivity (Wildman–Crippen MR) is 106 cm³/mol. The van der Waals surface area contributed by atoms with Crippen LogP contribution in [0.25, 0.3) is 0 Å². The Kier molecular flexibility index (Phi) is 6.05. The Morgan fingerprint density at radius 2 is 1.97 bits per heavy atom. The fourth-order valence-electron chi connectivity index (χ4n) is 3.86. The standard InChI is InChI=1S/C22H28N2O5/c1-22(2,3)29-19(26)10-5-4-7-14-8-6-9-15-16(14)13-24(21(15)28)17-11-12-18(25)23-20(17)27/h6,8-9,17H,4-5,7,10-13H2,1-3H3,(H,23,25,27). The number of rotatable bonds is 6. The fraction of sp³-hybridized carbons (Fsp3) is 0.545. The van der Waals surface area contributed by atoms with Crippen molar-refractivity contribution < 1.29 is 23.9 Å². The van der Waals surface area contributed by atoms with E-state index in [1.807, 2.05) is 32.9 Å². The molecule has 29 heavy (non-hydrogen) atoms. The number of piperidine rings is 1. The highest BCUT2D eigenvalue weighted by atomic mass is 16.6. The minimum Gasteiger partial charge on any atom is -0.460 e. The summed E-state index contributed by atoms with van der Waals surface area (Å²) in [6, 6.07) is 5.03. The zero-order chi connectivity index (χ0) is 21.2. The Morgan fingerprint density at radius 3 is 2.66 bits per heavy atom. The lowest BCUT2D eigenvalue weighted by molar-refractivity contribution is -0.155. The maximum Gasteiger partial charge on any atom is 0.306 e. The zero-order valence-corrected chi connectivity index (χ0v) is 17.2. The molecule has 3 rings (SSSR count). The van der Waals surface area contributed by atoms with Crippen molar-refractivity contribution in [3.05, 3.63) is 34.9 Å². The highest BCUT2D eigenvalue weighted by molar-refractivity contribution is 6.05. The van der Waals surface area contributed by atoms with Gasteiger partial charge in [-0.25, -0.2) is 0 Å². The molecule has 0 radical (unpaired) electrons. The van der Waals surface area contributed by atoms with Gasteiger partial charge >= 0.3 is 5.97 Å². The Labute approximate surface area is 170 Å². The second-order valence-electron chi connectivity index (χ2n) is 8.64. The molecule has 0 bridgehead atoms. The van der Waals surface area contributed by atoms with Crippen molar-refractivity contribution in [3.63, 3.8) is 0 Å². The van der Waals surface area contributed by atoms with Crippen molar-refractivity contribution in [2.75, 3.05) is 0 Å². The molecule has 1 aromatic rings. The van der Waals surface area contributed by atoms with Crippen LogP contribution < -0.4 is 5.32 Å². The van der Waals surface area contributed by atoms with Crippen molar-refractivity contribution in [2.45, 2.75) is 77.5 Å². The summed E-state index contributed by atoms with van der Waals surface area (Å²) >= 11 is 0. The second-order valence-corrected chi connectivity index (χ2v) is 8.64. The van der Waals surface area contributed by atoms with Gasteiger partial charge in [-0.1, -0.05) is 12.1 Å². The van der Waals surface area contributed by atoms with Gasteiger partial charge in [-0.2, -0.15) is 0 Å². The maximum atomic E-state index is 12.8. The number of carbonyl (C=O) groups is 4. The first kappa shape index (κ1) is 21.0. The van der Waals surface area contributed by atoms with Crippen LogP contribution in [0.5, 0.6) is 0 Å². The lowest BCUT2D eigenvalue weighted by Gasteiger charge is -2.29. The Hall–Kier alpha value is -2.70. The van der Waals surface area contributed by atoms with E-state index in [4.69, 9.17) is 4.74 Å². The topological polar surface area (TPSA) is 92.8 Å². The van der Waals surface area contributed by atoms with Crippen molar-refractivity contribution >= 4 is 23.7 Å². The van der Waals surface area contributed by atoms with Gasteiger partial charge in [0.2, 0.25) is 11.8 Å². The van der Waals surface area contributed by atoms with Gasteiger partial charge in [-0.05, 0) is 63.6 Å². The number of fused-ring (bicyclic) bond motifs is 1. The molecule has 7 nitrogen and oxygen atoms in total. The van der Waals surface area contributed by atoms with Crippen molar-refractivity contribution in [3.8, 4) is 0 Å². The van der Waals surface area contributed by atoms with Gasteiger partial charge in [0.25, 0.3) is 5.91 Å². The number of benzene rings is 1. The van der Waals surface area contributed by atoms with Gasteiger partial charge in [-0.3, -0.25) is 24.5 Å². The summed E-state index contributed by atoms with van der Waals surface area (Å²) in [4.78, 5) is 49.8. The monoisotopic (exact) mass is 400 g/mol. The molecule has 0 spiro atoms. The third-order valence-corrected chi connectivity index (χ3v) is 5.18. The molecule has 3 amide bonds. The first-order valence-corrected chi connectivity index (χ1v) is 10.1. The summed E-state index contributed by atoms with van der Waals surface area (Å²) in [6.07, 6.45) is 3.24. The molecule has 156 valence electrons. The summed E-state index contributed by atoms with van der Waals surface area (Å²) in [5.41, 5.74) is 2.16. The molecule has 1 fully saturated rings. The van der Waals surface area contributed by atoms with Crippen molar-refractivity contribution in [1.82, 2.24) is 10.2 Å². The molecule has 1 N–H and O–H groups in total. The lowest BCUT2D eigenvalue weighted by Crippen LogP contribution is -2.52. The number of imide groups is 1. The summed E-state index contributed by atoms with van der Waals surface area (Å²) in [6.45, 7) is 5.93. The van der Waals surface area contributed by atoms with Crippen LogP contribution in [0, 0.1) is 0 Å². The fourth-order valence-corrected chi connectivity index (χ4v) is 3.86. The molecule has 2 aliphatic rings. The number of nitrogens with one attached hydrogen (secondary N) is 1. The van der Waals surface area contributed by atoms with Crippen LogP contribution in [0.4, 0.5) is 0 Å². The third-order valence-electron chi connectivity index (χ3n) is 5.18. The van der Waals surface area contributed by atoms with Gasteiger partial charge in [0.05, 0.1) is 0 Å². The van der Waals surface area contributed by atoms with E-state index in [0.29, 0.717) is 31.4 Å². The Bertz CT molecular complexity index is 840. The maximum absolute atomic E-state index is 12.8. The van der Waals surface area contributed by atoms with Crippen LogP contribution in [0.2, 0.25) is 0 Å². The van der Waals surface area contributed by atoms with Gasteiger partial charge in [-0.15, -0.1) is 0 Å². The van der Waals surface area contributed by atoms with Crippen LogP contribution in [-0.4, -0.2) is 40.2 Å². The average Bonchev–Trinajstić information content (AvgIpc) is 2.95. The molecule has 1 saturated heterocycles. The average molecular weight is 400 g/mol. The van der Waals surface area contributed by atoms with E-state index in [0.717, 1.165) is 24.0 Å². The minimum atomic E-state index is -0.604. The van der Waals surface area contributed by atoms with E-state index in [2.05, 4.69) is 5.32 Å². The summed E-state index contributed by atoms with van der Waals surface area (Å²) < 4.78 is 5.32. The SMILES string of the molecule is CC(C)(C)OC(=O)CCCCc1cccc2c1CN(C1CCC(=O)NC1=O)C2=O. The third kappa shape index (κ3) is 5.02. The first-order valence-electron chi connectivity index (χ1n) is 10.1. The van der Waals surface area contributed by atoms with Gasteiger partial charge in [0.1, 0.15) is 11.6 Å². The van der Waals surface area contributed by atoms with E-state index in [1.54, 1.807) is 11.0 Å². The number of carbonyl (C=O) groups excluding carboxylic acids is 4. The summed E-state index contributed by atoms with van der Waals surface area (Å²) in [5, 5.41) is 2.32. The Morgan fingerprint density at radius 1 is 1.21 bits per heavy atom. The molecular weight excluding hydrogens is 372 g/mol. The molecule has 1 aromatic carbocycles. The largest absolute Gasteiger partial charge is 0.460 e. The van der Waals surface area contributed by atoms with Crippen LogP contribution in [0.15, 0.2) is 18.2 Å². The molecule has 2 aliphatic heterocycles. The van der Waals surface area contributed by atoms with Gasteiger partial charge in [0.15, 0.2) is 0 Å². The highest BCUT2D eigenvalue weighted by Gasteiger charge is 2.39. The lowest BCUT2D eigenvalue weighted by atomic mass is 9.98. The van der Waals surface area contributed by atoms with Crippen molar-refractivity contribution in [1.29, 1.82) is 0 Å². The number of hydrogen-bond acceptors (Lipinski definition) is 5. The molecule has 0 aromatic heterocycles. The van der Waals surface area contributed by atoms with E-state index in [-0.39, 0.29) is 24.2 Å². The van der Waals surface area contributed by atoms with Crippen LogP contribution in [0.1, 0.15) is 74.4 Å². The summed E-state index contributed by atoms with van der Waals surface area (Å²) in [7, 11) is 0. The normalized spacial score (nSPS) is 19.2. The van der Waals surface area contributed by atoms with Crippen LogP contribution in [-0.2, 0) is 32.1 Å². The first-order chi connectivity index (χ1) is 13.7. The molecule has 2 heterocycles. The quantitative estimate of drug-likeness (QED) is 0.450. The smallest absolute Gasteiger partial charge is 0.306 e. The number of amides is 3. The van der Waals surface area contributed by atoms with E-state index >= 15 is 0 Å². The van der Waals surface area contributed by atoms with E-state index < -0.39 is 17.6 Å². The molecule has 0 aliphatic carbocycles. The number of esters is 1. The molecule has 0 saturated carbocycles. The van der Waals surface area contributed by atoms with Crippen LogP contribution in [0.3, 0.4) is 0 Å². The summed E-state index contributed by atoms with van der Waals surface area (Å²) in [5.74, 6) is -1.05. The van der Waals surface area contributed by atoms with E-state index in [1.165, 1.54) is 0 Å². The number of ether oxygens (including phenoxy) is 1. The molecule has 7 heteroatoms. The van der Waals surface area contributed by atoms with Crippen molar-refractivity contribution in [2.24, 2.45) is 0 Å². The highest BCUT2D eigenvalue weighted by Crippen LogP contribution is 2.30. The zero-order valence-electron chi connectivity index (χ0n) is 17.2. The van der Waals surface area contributed by atoms with Gasteiger partial charge in [0, 0.05) is 24.9 Å². The number of nitrogens with zero attached hydrogens (tertiary/aromatic N) is 1. The van der Waals surface area contributed by atoms with Gasteiger partial charge < -0.3 is 9.64 Å². The number of unbranched alkanes of at least 4 members (excludes halogenated alkanes) is 1. The molecule has 1 unspecified atom stereocenters. The second kappa shape index (κ2) is 8.35. The minimum absolute atomic E-state index is 0.162. The van der Waals surface area contributed by atoms with Crippen LogP contribution >= 0.6 is 0 Å². The molecule has 1 atom stereocenters.